The van der Waals surface area contributed by atoms with Gasteiger partial charge in [-0.05, 0) is 48.2 Å². The van der Waals surface area contributed by atoms with Crippen LogP contribution in [0, 0.1) is 11.3 Å². The zero-order chi connectivity index (χ0) is 29.6. The number of aromatic nitrogens is 3. The lowest BCUT2D eigenvalue weighted by molar-refractivity contribution is -0.153. The van der Waals surface area contributed by atoms with Gasteiger partial charge in [-0.15, -0.1) is 0 Å². The lowest BCUT2D eigenvalue weighted by Gasteiger charge is -2.35. The molecule has 2 aromatic heterocycles. The molecule has 0 fully saturated rings. The van der Waals surface area contributed by atoms with Crippen molar-refractivity contribution in [3.63, 3.8) is 0 Å². The largest absolute Gasteiger partial charge is 0.484 e. The molecule has 3 aromatic rings. The van der Waals surface area contributed by atoms with Crippen LogP contribution < -0.4 is 15.4 Å². The molecule has 214 valence electrons. The molecule has 0 saturated heterocycles. The molecule has 0 unspecified atom stereocenters. The van der Waals surface area contributed by atoms with Crippen LogP contribution in [0.5, 0.6) is 5.75 Å². The van der Waals surface area contributed by atoms with E-state index in [-0.39, 0.29) is 40.5 Å². The van der Waals surface area contributed by atoms with Crippen molar-refractivity contribution >= 4 is 11.8 Å². The number of carbonyl (C=O) groups excluding carboxylic acids is 2. The number of aryl methyl sites for hydroxylation is 1. The molecule has 0 radical (unpaired) electrons. The van der Waals surface area contributed by atoms with E-state index in [2.05, 4.69) is 20.7 Å². The summed E-state index contributed by atoms with van der Waals surface area (Å²) in [6, 6.07) is 9.11. The van der Waals surface area contributed by atoms with Gasteiger partial charge in [0.25, 0.3) is 11.8 Å². The van der Waals surface area contributed by atoms with E-state index in [1.54, 1.807) is 6.07 Å². The van der Waals surface area contributed by atoms with Crippen molar-refractivity contribution in [3.8, 4) is 17.6 Å². The minimum atomic E-state index is -4.51. The molecule has 2 amide bonds. The number of nitriles is 1. The van der Waals surface area contributed by atoms with Crippen LogP contribution in [0.3, 0.4) is 0 Å². The van der Waals surface area contributed by atoms with Crippen LogP contribution in [0.15, 0.2) is 36.5 Å². The Morgan fingerprint density at radius 1 is 1.17 bits per heavy atom. The monoisotopic (exact) mass is 578 g/mol. The summed E-state index contributed by atoms with van der Waals surface area (Å²) >= 11 is 0. The molecule has 15 heteroatoms. The number of hydrogen-bond acceptors (Lipinski definition) is 6. The van der Waals surface area contributed by atoms with E-state index in [1.807, 2.05) is 6.07 Å². The first kappa shape index (κ1) is 27.9. The highest BCUT2D eigenvalue weighted by Gasteiger charge is 2.47. The van der Waals surface area contributed by atoms with E-state index >= 15 is 0 Å². The average Bonchev–Trinajstić information content (AvgIpc) is 3.45. The second-order valence-corrected chi connectivity index (χ2v) is 9.66. The third kappa shape index (κ3) is 5.67. The van der Waals surface area contributed by atoms with Gasteiger partial charge >= 0.3 is 12.4 Å². The molecule has 3 heterocycles. The molecule has 1 aliphatic carbocycles. The van der Waals surface area contributed by atoms with Crippen molar-refractivity contribution in [1.29, 1.82) is 5.26 Å². The van der Waals surface area contributed by atoms with E-state index in [0.717, 1.165) is 4.68 Å². The molecule has 1 aromatic carbocycles. The zero-order valence-corrected chi connectivity index (χ0v) is 21.0. The fraction of sp³-hybridized carbons (Fsp3) is 0.346. The summed E-state index contributed by atoms with van der Waals surface area (Å²) in [5.74, 6) is -1.59. The number of carbonyl (C=O) groups is 2. The molecule has 2 aliphatic rings. The second-order valence-electron chi connectivity index (χ2n) is 9.66. The maximum absolute atomic E-state index is 13.5. The number of rotatable bonds is 6. The molecule has 5 rings (SSSR count). The van der Waals surface area contributed by atoms with Crippen LogP contribution in [0.1, 0.15) is 56.1 Å². The molecule has 1 atom stereocenters. The van der Waals surface area contributed by atoms with Gasteiger partial charge < -0.3 is 15.4 Å². The van der Waals surface area contributed by atoms with Crippen molar-refractivity contribution in [1.82, 2.24) is 25.4 Å². The van der Waals surface area contributed by atoms with E-state index in [4.69, 9.17) is 10.00 Å². The number of amides is 2. The molecule has 9 nitrogen and oxygen atoms in total. The smallest absolute Gasteiger partial charge is 0.422 e. The van der Waals surface area contributed by atoms with E-state index in [1.165, 1.54) is 30.5 Å². The Labute approximate surface area is 228 Å². The number of nitrogens with one attached hydrogen (secondary N) is 2. The summed E-state index contributed by atoms with van der Waals surface area (Å²) in [6.45, 7) is -2.19. The maximum atomic E-state index is 13.5. The summed E-state index contributed by atoms with van der Waals surface area (Å²) in [6.07, 6.45) is -8.20. The van der Waals surface area contributed by atoms with Crippen LogP contribution in [0.4, 0.5) is 26.3 Å². The van der Waals surface area contributed by atoms with Crippen molar-refractivity contribution < 1.29 is 40.7 Å². The summed E-state index contributed by atoms with van der Waals surface area (Å²) in [7, 11) is 0. The number of pyridine rings is 1. The van der Waals surface area contributed by atoms with Gasteiger partial charge in [-0.25, -0.2) is 9.67 Å². The number of hydrogen-bond donors (Lipinski definition) is 2. The van der Waals surface area contributed by atoms with E-state index < -0.39 is 49.3 Å². The quantitative estimate of drug-likeness (QED) is 0.428. The number of ether oxygens (including phenoxy) is 1. The number of benzene rings is 1. The molecule has 1 spiro atoms. The Hall–Kier alpha value is -4.61. The maximum Gasteiger partial charge on any atom is 0.422 e. The summed E-state index contributed by atoms with van der Waals surface area (Å²) in [5, 5.41) is 18.6. The molecule has 1 aliphatic heterocycles. The Morgan fingerprint density at radius 2 is 1.95 bits per heavy atom. The van der Waals surface area contributed by atoms with Crippen LogP contribution in [0.25, 0.3) is 5.82 Å². The Morgan fingerprint density at radius 3 is 2.61 bits per heavy atom. The van der Waals surface area contributed by atoms with Gasteiger partial charge in [0.15, 0.2) is 12.4 Å². The highest BCUT2D eigenvalue weighted by molar-refractivity contribution is 6.08. The predicted octanol–water partition coefficient (Wildman–Crippen LogP) is 3.89. The lowest BCUT2D eigenvalue weighted by atomic mass is 9.82. The number of fused-ring (bicyclic) bond motifs is 3. The molecule has 0 saturated carbocycles. The minimum absolute atomic E-state index is 0.0231. The van der Waals surface area contributed by atoms with Gasteiger partial charge in [-0.3, -0.25) is 9.59 Å². The van der Waals surface area contributed by atoms with Crippen LogP contribution in [0.2, 0.25) is 0 Å². The van der Waals surface area contributed by atoms with Gasteiger partial charge in [-0.1, -0.05) is 6.07 Å². The summed E-state index contributed by atoms with van der Waals surface area (Å²) in [5.41, 5.74) is 0.282. The predicted molar refractivity (Wildman–Crippen MR) is 128 cm³/mol. The molecule has 41 heavy (non-hydrogen) atoms. The van der Waals surface area contributed by atoms with E-state index in [9.17, 15) is 35.9 Å². The van der Waals surface area contributed by atoms with Gasteiger partial charge in [0, 0.05) is 19.2 Å². The molecule has 2 N–H and O–H groups in total. The first-order chi connectivity index (χ1) is 19.3. The first-order valence-corrected chi connectivity index (χ1v) is 12.3. The van der Waals surface area contributed by atoms with Gasteiger partial charge in [0.05, 0.1) is 28.8 Å². The van der Waals surface area contributed by atoms with Crippen molar-refractivity contribution in [2.75, 3.05) is 13.2 Å². The van der Waals surface area contributed by atoms with Crippen molar-refractivity contribution in [3.05, 3.63) is 70.2 Å². The highest BCUT2D eigenvalue weighted by Crippen LogP contribution is 2.44. The Balaban J connectivity index is 1.50. The zero-order valence-electron chi connectivity index (χ0n) is 21.0. The number of nitrogens with zero attached hydrogens (tertiary/aromatic N) is 4. The normalized spacial score (nSPS) is 17.9. The highest BCUT2D eigenvalue weighted by atomic mass is 19.4. The van der Waals surface area contributed by atoms with Gasteiger partial charge in [-0.2, -0.15) is 36.7 Å². The number of alkyl halides is 6. The third-order valence-corrected chi connectivity index (χ3v) is 6.83. The second kappa shape index (κ2) is 10.1. The topological polar surface area (TPSA) is 122 Å². The average molecular weight is 578 g/mol. The van der Waals surface area contributed by atoms with Crippen molar-refractivity contribution in [2.24, 2.45) is 0 Å². The van der Waals surface area contributed by atoms with Crippen LogP contribution >= 0.6 is 0 Å². The third-order valence-electron chi connectivity index (χ3n) is 6.83. The molecular formula is C26H20F6N6O3. The fourth-order valence-electron chi connectivity index (χ4n) is 5.08. The van der Waals surface area contributed by atoms with Crippen LogP contribution in [-0.4, -0.2) is 52.1 Å². The Kier molecular flexibility index (Phi) is 6.88. The standard InChI is InChI=1S/C26H20F6N6O3/c27-25(28,29)7-8-34-23(40)21-20-18(37-38(21)19-4-1-14(11-33)12-35-19)10-24(36-22(20)39)6-5-15-9-16(2-3-17(15)24)41-13-26(30,31)32/h1-4,9,12H,5-8,10,13H2,(H,34,40)(H,36,39)/t24-/m0/s1. The number of halogens is 6. The summed E-state index contributed by atoms with van der Waals surface area (Å²) in [4.78, 5) is 30.7. The summed E-state index contributed by atoms with van der Waals surface area (Å²) < 4.78 is 81.7. The first-order valence-electron chi connectivity index (χ1n) is 12.3. The lowest BCUT2D eigenvalue weighted by Crippen LogP contribution is -2.50. The SMILES string of the molecule is N#Cc1ccc(-n2nc3c(c2C(=O)NCCC(F)(F)F)C(=O)N[C@@]2(CCc4cc(OCC(F)(F)F)ccc42)C3)nc1. The van der Waals surface area contributed by atoms with Gasteiger partial charge in [0.1, 0.15) is 17.5 Å². The molecule has 0 bridgehead atoms. The minimum Gasteiger partial charge on any atom is -0.484 e. The fourth-order valence-corrected chi connectivity index (χ4v) is 5.08. The Bertz CT molecular complexity index is 1560. The van der Waals surface area contributed by atoms with Gasteiger partial charge in [0.2, 0.25) is 0 Å². The van der Waals surface area contributed by atoms with E-state index in [0.29, 0.717) is 24.0 Å². The van der Waals surface area contributed by atoms with Crippen LogP contribution in [-0.2, 0) is 18.4 Å². The van der Waals surface area contributed by atoms with Crippen molar-refractivity contribution in [2.45, 2.75) is 43.6 Å². The molecular weight excluding hydrogens is 558 g/mol.